The van der Waals surface area contributed by atoms with Crippen LogP contribution in [0.5, 0.6) is 0 Å². The zero-order valence-electron chi connectivity index (χ0n) is 22.5. The molecule has 3 amide bonds. The van der Waals surface area contributed by atoms with Crippen LogP contribution < -0.4 is 10.6 Å². The summed E-state index contributed by atoms with van der Waals surface area (Å²) in [6, 6.07) is -1.59. The van der Waals surface area contributed by atoms with E-state index in [-0.39, 0.29) is 19.1 Å². The first-order valence-corrected chi connectivity index (χ1v) is 12.9. The lowest BCUT2D eigenvalue weighted by molar-refractivity contribution is -0.164. The van der Waals surface area contributed by atoms with Gasteiger partial charge in [-0.05, 0) is 55.4 Å². The van der Waals surface area contributed by atoms with Gasteiger partial charge in [0.1, 0.15) is 41.0 Å². The number of aromatic nitrogens is 3. The second kappa shape index (κ2) is 10.4. The summed E-state index contributed by atoms with van der Waals surface area (Å²) in [7, 11) is 0. The van der Waals surface area contributed by atoms with Crippen molar-refractivity contribution < 1.29 is 33.4 Å². The van der Waals surface area contributed by atoms with Crippen molar-refractivity contribution in [2.75, 3.05) is 6.54 Å². The molecule has 2 N–H and O–H groups in total. The lowest BCUT2D eigenvalue weighted by Gasteiger charge is -2.43. The summed E-state index contributed by atoms with van der Waals surface area (Å²) >= 11 is 1.42. The number of esters is 1. The smallest absolute Gasteiger partial charge is 0.408 e. The largest absolute Gasteiger partial charge is 0.457 e. The summed E-state index contributed by atoms with van der Waals surface area (Å²) < 4.78 is 16.8. The SMILES string of the molecule is CC(C)(C)OC(=O)NCCn1cc(COC(=O)[C@@H]2N3C(=O)[C@@H](NC(=O)OC(C)(C)C)[C@H]3SC2(C)C)nn1. The van der Waals surface area contributed by atoms with E-state index in [2.05, 4.69) is 20.9 Å². The van der Waals surface area contributed by atoms with Gasteiger partial charge in [0.2, 0.25) is 5.91 Å². The van der Waals surface area contributed by atoms with Crippen LogP contribution in [0.4, 0.5) is 9.59 Å². The van der Waals surface area contributed by atoms with Gasteiger partial charge in [-0.25, -0.2) is 14.4 Å². The third kappa shape index (κ3) is 7.27. The monoisotopic (exact) mass is 540 g/mol. The Morgan fingerprint density at radius 2 is 1.70 bits per heavy atom. The highest BCUT2D eigenvalue weighted by Gasteiger charge is 2.64. The quantitative estimate of drug-likeness (QED) is 0.297. The first-order valence-electron chi connectivity index (χ1n) is 12.0. The van der Waals surface area contributed by atoms with E-state index in [4.69, 9.17) is 14.2 Å². The maximum atomic E-state index is 13.0. The van der Waals surface area contributed by atoms with E-state index < -0.39 is 51.6 Å². The number of hydrogen-bond acceptors (Lipinski definition) is 10. The summed E-state index contributed by atoms with van der Waals surface area (Å²) in [5, 5.41) is 12.8. The van der Waals surface area contributed by atoms with Crippen LogP contribution in [0.25, 0.3) is 0 Å². The van der Waals surface area contributed by atoms with Gasteiger partial charge >= 0.3 is 18.2 Å². The Labute approximate surface area is 220 Å². The molecule has 0 aromatic carbocycles. The molecule has 0 unspecified atom stereocenters. The third-order valence-electron chi connectivity index (χ3n) is 5.29. The topological polar surface area (TPSA) is 154 Å². The van der Waals surface area contributed by atoms with Gasteiger partial charge in [-0.3, -0.25) is 9.48 Å². The molecule has 1 aromatic heterocycles. The fourth-order valence-corrected chi connectivity index (χ4v) is 5.51. The Kier molecular flexibility index (Phi) is 8.01. The Morgan fingerprint density at radius 3 is 2.32 bits per heavy atom. The van der Waals surface area contributed by atoms with E-state index in [0.717, 1.165) is 0 Å². The highest BCUT2D eigenvalue weighted by molar-refractivity contribution is 8.01. The van der Waals surface area contributed by atoms with E-state index in [1.807, 2.05) is 13.8 Å². The molecule has 2 aliphatic rings. The summed E-state index contributed by atoms with van der Waals surface area (Å²) in [6.45, 7) is 14.8. The maximum Gasteiger partial charge on any atom is 0.408 e. The van der Waals surface area contributed by atoms with Gasteiger partial charge in [0, 0.05) is 11.3 Å². The number of carbonyl (C=O) groups is 4. The molecule has 13 nitrogen and oxygen atoms in total. The first-order chi connectivity index (χ1) is 17.0. The molecule has 206 valence electrons. The lowest BCUT2D eigenvalue weighted by atomic mass is 9.96. The molecule has 2 aliphatic heterocycles. The van der Waals surface area contributed by atoms with Crippen LogP contribution in [-0.4, -0.2) is 83.9 Å². The van der Waals surface area contributed by atoms with Gasteiger partial charge in [-0.2, -0.15) is 0 Å². The van der Waals surface area contributed by atoms with Crippen molar-refractivity contribution in [3.05, 3.63) is 11.9 Å². The number of β-lactam (4-membered cyclic amide) rings is 1. The summed E-state index contributed by atoms with van der Waals surface area (Å²) in [5.74, 6) is -0.926. The summed E-state index contributed by atoms with van der Waals surface area (Å²) in [4.78, 5) is 51.1. The molecule has 0 aliphatic carbocycles. The van der Waals surface area contributed by atoms with Gasteiger partial charge in [0.15, 0.2) is 0 Å². The molecule has 2 fully saturated rings. The Bertz CT molecular complexity index is 1050. The molecule has 14 heteroatoms. The molecule has 1 aromatic rings. The van der Waals surface area contributed by atoms with Crippen molar-refractivity contribution in [1.29, 1.82) is 0 Å². The number of ether oxygens (including phenoxy) is 3. The molecule has 0 radical (unpaired) electrons. The lowest BCUT2D eigenvalue weighted by Crippen LogP contribution is -2.70. The molecule has 0 spiro atoms. The van der Waals surface area contributed by atoms with Crippen molar-refractivity contribution in [1.82, 2.24) is 30.5 Å². The fraction of sp³-hybridized carbons (Fsp3) is 0.739. The van der Waals surface area contributed by atoms with Crippen molar-refractivity contribution >= 4 is 35.8 Å². The minimum atomic E-state index is -0.820. The number of alkyl carbamates (subject to hydrolysis) is 2. The van der Waals surface area contributed by atoms with Gasteiger partial charge in [0.05, 0.1) is 12.7 Å². The van der Waals surface area contributed by atoms with Crippen LogP contribution in [0.2, 0.25) is 0 Å². The Morgan fingerprint density at radius 1 is 1.08 bits per heavy atom. The van der Waals surface area contributed by atoms with Crippen LogP contribution in [0.1, 0.15) is 61.1 Å². The summed E-state index contributed by atoms with van der Waals surface area (Å²) in [6.07, 6.45) is 0.400. The van der Waals surface area contributed by atoms with Crippen LogP contribution >= 0.6 is 11.8 Å². The fourth-order valence-electron chi connectivity index (χ4n) is 3.89. The maximum absolute atomic E-state index is 13.0. The second-order valence-corrected chi connectivity index (χ2v) is 13.2. The van der Waals surface area contributed by atoms with E-state index in [9.17, 15) is 19.2 Å². The molecule has 3 rings (SSSR count). The van der Waals surface area contributed by atoms with Crippen molar-refractivity contribution in [3.63, 3.8) is 0 Å². The summed E-state index contributed by atoms with van der Waals surface area (Å²) in [5.41, 5.74) is -0.858. The van der Waals surface area contributed by atoms with Crippen LogP contribution in [0.15, 0.2) is 6.20 Å². The first kappa shape index (κ1) is 28.5. The van der Waals surface area contributed by atoms with Gasteiger partial charge in [-0.15, -0.1) is 16.9 Å². The molecular weight excluding hydrogens is 504 g/mol. The minimum Gasteiger partial charge on any atom is -0.457 e. The number of nitrogens with one attached hydrogen (secondary N) is 2. The second-order valence-electron chi connectivity index (χ2n) is 11.4. The van der Waals surface area contributed by atoms with Crippen molar-refractivity contribution in [3.8, 4) is 0 Å². The number of carbonyl (C=O) groups excluding carboxylic acids is 4. The molecule has 37 heavy (non-hydrogen) atoms. The number of hydrogen-bond donors (Lipinski definition) is 2. The zero-order chi connectivity index (χ0) is 27.8. The average molecular weight is 541 g/mol. The number of amides is 3. The van der Waals surface area contributed by atoms with E-state index >= 15 is 0 Å². The Hall–Kier alpha value is -3.03. The van der Waals surface area contributed by atoms with E-state index in [1.54, 1.807) is 47.7 Å². The number of thioether (sulfide) groups is 1. The van der Waals surface area contributed by atoms with Gasteiger partial charge < -0.3 is 29.7 Å². The molecular formula is C23H36N6O7S. The minimum absolute atomic E-state index is 0.123. The van der Waals surface area contributed by atoms with E-state index in [0.29, 0.717) is 12.2 Å². The van der Waals surface area contributed by atoms with Crippen molar-refractivity contribution in [2.24, 2.45) is 0 Å². The average Bonchev–Trinajstić information content (AvgIpc) is 3.27. The van der Waals surface area contributed by atoms with Gasteiger partial charge in [0.25, 0.3) is 0 Å². The zero-order valence-corrected chi connectivity index (χ0v) is 23.3. The highest BCUT2D eigenvalue weighted by Crippen LogP contribution is 2.51. The molecule has 2 saturated heterocycles. The number of rotatable bonds is 7. The standard InChI is InChI=1S/C23H36N6O7S/c1-21(2,3)35-19(32)24-9-10-28-11-13(26-27-28)12-34-18(31)15-23(7,8)37-17-14(16(30)29(15)17)25-20(33)36-22(4,5)6/h11,14-15,17H,9-10,12H2,1-8H3,(H,24,32)(H,25,33)/t14-,15+,17-/m1/s1. The predicted molar refractivity (Wildman–Crippen MR) is 133 cm³/mol. The van der Waals surface area contributed by atoms with E-state index in [1.165, 1.54) is 21.3 Å². The van der Waals surface area contributed by atoms with Crippen LogP contribution in [0, 0.1) is 0 Å². The molecule has 0 bridgehead atoms. The number of fused-ring (bicyclic) bond motifs is 1. The number of nitrogens with zero attached hydrogens (tertiary/aromatic N) is 4. The van der Waals surface area contributed by atoms with Crippen molar-refractivity contribution in [2.45, 2.75) is 102 Å². The van der Waals surface area contributed by atoms with Crippen LogP contribution in [-0.2, 0) is 37.0 Å². The molecule has 3 atom stereocenters. The normalized spacial score (nSPS) is 22.5. The highest BCUT2D eigenvalue weighted by atomic mass is 32.2. The Balaban J connectivity index is 1.50. The predicted octanol–water partition coefficient (Wildman–Crippen LogP) is 1.80. The molecule has 0 saturated carbocycles. The molecule has 3 heterocycles. The van der Waals surface area contributed by atoms with Gasteiger partial charge in [-0.1, -0.05) is 5.21 Å². The third-order valence-corrected chi connectivity index (χ3v) is 6.87. The van der Waals surface area contributed by atoms with Crippen LogP contribution in [0.3, 0.4) is 0 Å².